The maximum atomic E-state index is 3.98. The summed E-state index contributed by atoms with van der Waals surface area (Å²) in [4.78, 5) is 0. The molecule has 1 aliphatic rings. The largest absolute Gasteiger partial charge is 0.389 e. The van der Waals surface area contributed by atoms with E-state index in [1.807, 2.05) is 0 Å². The fraction of sp³-hybridized carbons (Fsp3) is 0.800. The molecule has 1 fully saturated rings. The van der Waals surface area contributed by atoms with Crippen LogP contribution in [0.3, 0.4) is 0 Å². The Morgan fingerprint density at radius 1 is 1.55 bits per heavy atom. The van der Waals surface area contributed by atoms with E-state index in [0.717, 1.165) is 18.9 Å². The number of hydrogen-bond acceptors (Lipinski definition) is 1. The molecule has 1 heteroatoms. The quantitative estimate of drug-likeness (QED) is 0.610. The van der Waals surface area contributed by atoms with Crippen molar-refractivity contribution in [2.45, 2.75) is 33.6 Å². The van der Waals surface area contributed by atoms with E-state index in [-0.39, 0.29) is 0 Å². The highest BCUT2D eigenvalue weighted by Crippen LogP contribution is 2.38. The molecule has 1 heterocycles. The molecule has 64 valence electrons. The van der Waals surface area contributed by atoms with E-state index in [0.29, 0.717) is 5.41 Å². The Bertz CT molecular complexity index is 160. The second kappa shape index (κ2) is 2.88. The highest BCUT2D eigenvalue weighted by Gasteiger charge is 2.31. The lowest BCUT2D eigenvalue weighted by Gasteiger charge is -2.39. The Morgan fingerprint density at radius 3 is 2.55 bits per heavy atom. The summed E-state index contributed by atoms with van der Waals surface area (Å²) in [7, 11) is 0. The minimum absolute atomic E-state index is 0.488. The normalized spacial score (nSPS) is 32.2. The van der Waals surface area contributed by atoms with Crippen LogP contribution in [0.2, 0.25) is 0 Å². The fourth-order valence-corrected chi connectivity index (χ4v) is 1.66. The van der Waals surface area contributed by atoms with Gasteiger partial charge in [0.1, 0.15) is 0 Å². The van der Waals surface area contributed by atoms with Gasteiger partial charge in [0.25, 0.3) is 0 Å². The molecule has 1 saturated heterocycles. The third kappa shape index (κ3) is 1.76. The molecule has 0 aromatic carbocycles. The van der Waals surface area contributed by atoms with E-state index in [2.05, 4.69) is 32.7 Å². The van der Waals surface area contributed by atoms with Gasteiger partial charge in [-0.3, -0.25) is 0 Å². The van der Waals surface area contributed by atoms with Gasteiger partial charge in [0.2, 0.25) is 0 Å². The number of nitrogens with one attached hydrogen (secondary N) is 1. The first-order valence-corrected chi connectivity index (χ1v) is 4.46. The first-order valence-electron chi connectivity index (χ1n) is 4.46. The van der Waals surface area contributed by atoms with Gasteiger partial charge < -0.3 is 5.32 Å². The highest BCUT2D eigenvalue weighted by atomic mass is 14.9. The van der Waals surface area contributed by atoms with Crippen LogP contribution in [0.1, 0.15) is 33.6 Å². The molecule has 0 aromatic heterocycles. The third-order valence-electron chi connectivity index (χ3n) is 3.08. The summed E-state index contributed by atoms with van der Waals surface area (Å²) < 4.78 is 0. The Kier molecular flexibility index (Phi) is 2.26. The van der Waals surface area contributed by atoms with E-state index < -0.39 is 0 Å². The predicted molar refractivity (Wildman–Crippen MR) is 49.3 cm³/mol. The molecule has 0 bridgehead atoms. The van der Waals surface area contributed by atoms with Gasteiger partial charge in [0.15, 0.2) is 0 Å². The minimum Gasteiger partial charge on any atom is -0.389 e. The third-order valence-corrected chi connectivity index (χ3v) is 3.08. The Morgan fingerprint density at radius 2 is 2.18 bits per heavy atom. The monoisotopic (exact) mass is 153 g/mol. The molecule has 0 aliphatic carbocycles. The molecule has 1 rings (SSSR count). The van der Waals surface area contributed by atoms with Crippen molar-refractivity contribution in [1.29, 1.82) is 0 Å². The van der Waals surface area contributed by atoms with Crippen molar-refractivity contribution in [1.82, 2.24) is 5.32 Å². The summed E-state index contributed by atoms with van der Waals surface area (Å²) >= 11 is 0. The van der Waals surface area contributed by atoms with Crippen LogP contribution >= 0.6 is 0 Å². The summed E-state index contributed by atoms with van der Waals surface area (Å²) in [6.45, 7) is 12.1. The summed E-state index contributed by atoms with van der Waals surface area (Å²) in [5, 5.41) is 3.30. The average molecular weight is 153 g/mol. The van der Waals surface area contributed by atoms with Gasteiger partial charge in [0.05, 0.1) is 0 Å². The van der Waals surface area contributed by atoms with Crippen LogP contribution in [0.25, 0.3) is 0 Å². The van der Waals surface area contributed by atoms with Crippen LogP contribution in [0, 0.1) is 11.3 Å². The zero-order valence-electron chi connectivity index (χ0n) is 7.91. The van der Waals surface area contributed by atoms with E-state index in [9.17, 15) is 0 Å². The van der Waals surface area contributed by atoms with Gasteiger partial charge in [-0.25, -0.2) is 0 Å². The molecule has 1 atom stereocenters. The molecule has 1 nitrogen and oxygen atoms in total. The van der Waals surface area contributed by atoms with Gasteiger partial charge in [-0.15, -0.1) is 0 Å². The molecule has 1 unspecified atom stereocenters. The number of piperidine rings is 1. The number of allylic oxidation sites excluding steroid dienone is 1. The standard InChI is InChI=1S/C10H19N/c1-8(2)10(4)5-6-11-9(3)7-10/h8,11H,3,5-7H2,1-2,4H3. The molecule has 0 aromatic rings. The molecule has 0 amide bonds. The van der Waals surface area contributed by atoms with Crippen molar-refractivity contribution in [2.24, 2.45) is 11.3 Å². The van der Waals surface area contributed by atoms with Crippen molar-refractivity contribution in [3.05, 3.63) is 12.3 Å². The molecular weight excluding hydrogens is 134 g/mol. The van der Waals surface area contributed by atoms with Gasteiger partial charge in [-0.05, 0) is 24.2 Å². The lowest BCUT2D eigenvalue weighted by molar-refractivity contribution is 0.174. The van der Waals surface area contributed by atoms with Crippen molar-refractivity contribution in [3.63, 3.8) is 0 Å². The Labute approximate surface area is 69.9 Å². The minimum atomic E-state index is 0.488. The van der Waals surface area contributed by atoms with Crippen molar-refractivity contribution < 1.29 is 0 Å². The average Bonchev–Trinajstić information content (AvgIpc) is 1.86. The lowest BCUT2D eigenvalue weighted by atomic mass is 9.71. The first kappa shape index (κ1) is 8.63. The Hall–Kier alpha value is -0.460. The van der Waals surface area contributed by atoms with E-state index in [1.54, 1.807) is 0 Å². The fourth-order valence-electron chi connectivity index (χ4n) is 1.66. The lowest BCUT2D eigenvalue weighted by Crippen LogP contribution is -2.36. The van der Waals surface area contributed by atoms with Crippen LogP contribution < -0.4 is 5.32 Å². The van der Waals surface area contributed by atoms with E-state index >= 15 is 0 Å². The van der Waals surface area contributed by atoms with Crippen LogP contribution in [0.5, 0.6) is 0 Å². The highest BCUT2D eigenvalue weighted by molar-refractivity contribution is 5.02. The van der Waals surface area contributed by atoms with Crippen molar-refractivity contribution in [2.75, 3.05) is 6.54 Å². The summed E-state index contributed by atoms with van der Waals surface area (Å²) in [5.74, 6) is 0.765. The second-order valence-corrected chi connectivity index (χ2v) is 4.27. The molecule has 11 heavy (non-hydrogen) atoms. The summed E-state index contributed by atoms with van der Waals surface area (Å²) in [6, 6.07) is 0. The molecule has 1 aliphatic heterocycles. The number of rotatable bonds is 1. The van der Waals surface area contributed by atoms with Gasteiger partial charge in [-0.1, -0.05) is 27.4 Å². The maximum absolute atomic E-state index is 3.98. The SMILES string of the molecule is C=C1CC(C)(C(C)C)CCN1. The summed E-state index contributed by atoms with van der Waals surface area (Å²) in [6.07, 6.45) is 2.42. The topological polar surface area (TPSA) is 12.0 Å². The second-order valence-electron chi connectivity index (χ2n) is 4.27. The molecular formula is C10H19N. The first-order chi connectivity index (χ1) is 5.04. The van der Waals surface area contributed by atoms with Crippen molar-refractivity contribution in [3.8, 4) is 0 Å². The van der Waals surface area contributed by atoms with E-state index in [1.165, 1.54) is 12.1 Å². The molecule has 0 saturated carbocycles. The summed E-state index contributed by atoms with van der Waals surface area (Å²) in [5.41, 5.74) is 1.70. The van der Waals surface area contributed by atoms with Crippen LogP contribution in [-0.2, 0) is 0 Å². The van der Waals surface area contributed by atoms with Gasteiger partial charge in [0, 0.05) is 12.2 Å². The predicted octanol–water partition coefficient (Wildman–Crippen LogP) is 2.55. The number of hydrogen-bond donors (Lipinski definition) is 1. The zero-order valence-corrected chi connectivity index (χ0v) is 7.91. The molecule has 0 spiro atoms. The molecule has 1 N–H and O–H groups in total. The smallest absolute Gasteiger partial charge is 0.0149 e. The Balaban J connectivity index is 2.62. The van der Waals surface area contributed by atoms with Gasteiger partial charge >= 0.3 is 0 Å². The maximum Gasteiger partial charge on any atom is 0.0149 e. The van der Waals surface area contributed by atoms with Crippen molar-refractivity contribution >= 4 is 0 Å². The molecule has 0 radical (unpaired) electrons. The van der Waals surface area contributed by atoms with E-state index in [4.69, 9.17) is 0 Å². The van der Waals surface area contributed by atoms with Crippen LogP contribution in [-0.4, -0.2) is 6.54 Å². The van der Waals surface area contributed by atoms with Crippen LogP contribution in [0.4, 0.5) is 0 Å². The van der Waals surface area contributed by atoms with Gasteiger partial charge in [-0.2, -0.15) is 0 Å². The van der Waals surface area contributed by atoms with Crippen LogP contribution in [0.15, 0.2) is 12.3 Å². The zero-order chi connectivity index (χ0) is 8.48.